The molecule has 0 bridgehead atoms. The van der Waals surface area contributed by atoms with Crippen LogP contribution in [0.1, 0.15) is 0 Å². The molecule has 0 aliphatic carbocycles. The average molecular weight is 197 g/mol. The molecule has 0 atom stereocenters. The van der Waals surface area contributed by atoms with Crippen molar-refractivity contribution < 1.29 is 22.7 Å². The molecule has 0 spiro atoms. The summed E-state index contributed by atoms with van der Waals surface area (Å²) in [5.74, 6) is -2.40. The Balaban J connectivity index is 3.87. The summed E-state index contributed by atoms with van der Waals surface area (Å²) in [6, 6.07) is 0. The molecule has 0 saturated heterocycles. The van der Waals surface area contributed by atoms with Gasteiger partial charge in [0.25, 0.3) is 5.02 Å². The molecule has 10 heavy (non-hydrogen) atoms. The van der Waals surface area contributed by atoms with Crippen LogP contribution in [0.2, 0.25) is 0 Å². The topological polar surface area (TPSA) is 26.3 Å². The van der Waals surface area contributed by atoms with Gasteiger partial charge in [0, 0.05) is 0 Å². The van der Waals surface area contributed by atoms with Gasteiger partial charge in [-0.1, -0.05) is 23.2 Å². The van der Waals surface area contributed by atoms with Crippen LogP contribution in [0.5, 0.6) is 0 Å². The van der Waals surface area contributed by atoms with Gasteiger partial charge >= 0.3 is 12.1 Å². The zero-order chi connectivity index (χ0) is 8.36. The van der Waals surface area contributed by atoms with Crippen molar-refractivity contribution in [1.29, 1.82) is 0 Å². The fourth-order valence-corrected chi connectivity index (χ4v) is 0.310. The van der Waals surface area contributed by atoms with E-state index in [0.29, 0.717) is 0 Å². The molecule has 0 saturated carbocycles. The lowest BCUT2D eigenvalue weighted by Crippen LogP contribution is -2.26. The van der Waals surface area contributed by atoms with Crippen molar-refractivity contribution in [3.63, 3.8) is 0 Å². The number of halogens is 5. The number of esters is 1. The predicted molar refractivity (Wildman–Crippen MR) is 27.6 cm³/mol. The minimum Gasteiger partial charge on any atom is -0.425 e. The molecule has 60 valence electrons. The molecule has 0 aliphatic heterocycles. The molecule has 0 fully saturated rings. The quantitative estimate of drug-likeness (QED) is 0.473. The van der Waals surface area contributed by atoms with Crippen molar-refractivity contribution in [3.05, 3.63) is 0 Å². The highest BCUT2D eigenvalue weighted by molar-refractivity contribution is 6.43. The maximum absolute atomic E-state index is 11.2. The lowest BCUT2D eigenvalue weighted by Gasteiger charge is -2.05. The van der Waals surface area contributed by atoms with Crippen molar-refractivity contribution in [2.24, 2.45) is 0 Å². The molecule has 0 heterocycles. The third kappa shape index (κ3) is 3.79. The highest BCUT2D eigenvalue weighted by Crippen LogP contribution is 2.19. The Kier molecular flexibility index (Phi) is 3.24. The van der Waals surface area contributed by atoms with Gasteiger partial charge in [0.2, 0.25) is 0 Å². The van der Waals surface area contributed by atoms with E-state index in [0.717, 1.165) is 0 Å². The second-order valence-corrected chi connectivity index (χ2v) is 2.18. The van der Waals surface area contributed by atoms with Crippen LogP contribution < -0.4 is 0 Å². The fraction of sp³-hybridized carbons (Fsp3) is 0.667. The van der Waals surface area contributed by atoms with Crippen LogP contribution in [0.25, 0.3) is 0 Å². The first-order valence-corrected chi connectivity index (χ1v) is 2.77. The Hall–Kier alpha value is -0.160. The minimum absolute atomic E-state index is 1.78. The maximum atomic E-state index is 11.2. The number of rotatable bonds is 1. The van der Waals surface area contributed by atoms with Crippen LogP contribution in [-0.4, -0.2) is 17.2 Å². The van der Waals surface area contributed by atoms with Crippen molar-refractivity contribution in [2.75, 3.05) is 0 Å². The Morgan fingerprint density at radius 2 is 1.80 bits per heavy atom. The van der Waals surface area contributed by atoms with Crippen LogP contribution in [0.4, 0.5) is 13.2 Å². The molecule has 0 radical (unpaired) electrons. The monoisotopic (exact) mass is 196 g/mol. The fourth-order valence-electron chi connectivity index (χ4n) is 0.148. The predicted octanol–water partition coefficient (Wildman–Crippen LogP) is 1.85. The van der Waals surface area contributed by atoms with Gasteiger partial charge in [-0.3, -0.25) is 0 Å². The third-order valence-electron chi connectivity index (χ3n) is 0.428. The Morgan fingerprint density at radius 3 is 1.90 bits per heavy atom. The second-order valence-electron chi connectivity index (χ2n) is 1.16. The summed E-state index contributed by atoms with van der Waals surface area (Å²) in [6.07, 6.45) is -5.04. The van der Waals surface area contributed by atoms with Gasteiger partial charge in [-0.25, -0.2) is 4.79 Å². The molecule has 0 aromatic heterocycles. The molecule has 0 N–H and O–H groups in total. The second kappa shape index (κ2) is 3.30. The zero-order valence-corrected chi connectivity index (χ0v) is 5.80. The molecule has 0 aliphatic rings. The van der Waals surface area contributed by atoms with E-state index in [9.17, 15) is 18.0 Å². The van der Waals surface area contributed by atoms with Crippen molar-refractivity contribution in [2.45, 2.75) is 11.2 Å². The first-order valence-electron chi connectivity index (χ1n) is 1.90. The summed E-state index contributed by atoms with van der Waals surface area (Å²) in [4.78, 5) is 9.76. The van der Waals surface area contributed by atoms with Gasteiger partial charge < -0.3 is 4.74 Å². The van der Waals surface area contributed by atoms with Crippen LogP contribution >= 0.6 is 23.2 Å². The number of hydrogen-bond acceptors (Lipinski definition) is 2. The summed E-state index contributed by atoms with van der Waals surface area (Å²) in [6.45, 7) is 0. The third-order valence-corrected chi connectivity index (χ3v) is 0.606. The van der Waals surface area contributed by atoms with Gasteiger partial charge in [0.05, 0.1) is 0 Å². The van der Waals surface area contributed by atoms with Crippen LogP contribution in [-0.2, 0) is 9.53 Å². The lowest BCUT2D eigenvalue weighted by molar-refractivity contribution is -0.199. The van der Waals surface area contributed by atoms with E-state index in [1.807, 2.05) is 0 Å². The SMILES string of the molecule is O=C(OC(Cl)Cl)C(F)(F)F. The van der Waals surface area contributed by atoms with E-state index in [4.69, 9.17) is 23.2 Å². The number of hydrogen-bond donors (Lipinski definition) is 0. The molecule has 7 heteroatoms. The van der Waals surface area contributed by atoms with Gasteiger partial charge in [0.1, 0.15) is 0 Å². The highest BCUT2D eigenvalue weighted by atomic mass is 35.5. The molecule has 2 nitrogen and oxygen atoms in total. The number of alkyl halides is 5. The highest BCUT2D eigenvalue weighted by Gasteiger charge is 2.41. The smallest absolute Gasteiger partial charge is 0.425 e. The number of carbonyl (C=O) groups excluding carboxylic acids is 1. The number of carbonyl (C=O) groups is 1. The summed E-state index contributed by atoms with van der Waals surface area (Å²) < 4.78 is 37.0. The van der Waals surface area contributed by atoms with Crippen LogP contribution in [0, 0.1) is 0 Å². The molecule has 0 amide bonds. The van der Waals surface area contributed by atoms with E-state index in [1.54, 1.807) is 0 Å². The normalized spacial score (nSPS) is 11.8. The van der Waals surface area contributed by atoms with E-state index in [1.165, 1.54) is 0 Å². The van der Waals surface area contributed by atoms with Gasteiger partial charge in [0.15, 0.2) is 0 Å². The Labute approximate surface area is 63.8 Å². The van der Waals surface area contributed by atoms with Crippen molar-refractivity contribution in [3.8, 4) is 0 Å². The van der Waals surface area contributed by atoms with Crippen LogP contribution in [0.15, 0.2) is 0 Å². The molecule has 0 aromatic rings. The first kappa shape index (κ1) is 9.84. The van der Waals surface area contributed by atoms with Crippen molar-refractivity contribution >= 4 is 29.2 Å². The van der Waals surface area contributed by atoms with Crippen molar-refractivity contribution in [1.82, 2.24) is 0 Å². The van der Waals surface area contributed by atoms with Gasteiger partial charge in [-0.05, 0) is 0 Å². The standard InChI is InChI=1S/C3HCl2F3O2/c4-2(5)10-1(9)3(6,7)8/h2H. The zero-order valence-electron chi connectivity index (χ0n) is 4.28. The molecule has 0 aromatic carbocycles. The van der Waals surface area contributed by atoms with E-state index in [-0.39, 0.29) is 0 Å². The van der Waals surface area contributed by atoms with Gasteiger partial charge in [-0.15, -0.1) is 0 Å². The van der Waals surface area contributed by atoms with E-state index < -0.39 is 17.2 Å². The molecule has 0 rings (SSSR count). The average Bonchev–Trinajstić information content (AvgIpc) is 1.60. The Bertz CT molecular complexity index is 132. The minimum atomic E-state index is -5.04. The van der Waals surface area contributed by atoms with E-state index >= 15 is 0 Å². The number of ether oxygens (including phenoxy) is 1. The largest absolute Gasteiger partial charge is 0.491 e. The first-order chi connectivity index (χ1) is 4.34. The lowest BCUT2D eigenvalue weighted by atomic mass is 10.7. The summed E-state index contributed by atoms with van der Waals surface area (Å²) in [7, 11) is 0. The molecule has 0 unspecified atom stereocenters. The van der Waals surface area contributed by atoms with Crippen LogP contribution in [0.3, 0.4) is 0 Å². The van der Waals surface area contributed by atoms with Gasteiger partial charge in [-0.2, -0.15) is 13.2 Å². The summed E-state index contributed by atoms with van der Waals surface area (Å²) in [5, 5.41) is -1.78. The summed E-state index contributed by atoms with van der Waals surface area (Å²) >= 11 is 9.40. The molecular formula is C3HCl2F3O2. The summed E-state index contributed by atoms with van der Waals surface area (Å²) in [5.41, 5.74) is 0. The maximum Gasteiger partial charge on any atom is 0.491 e. The molecular weight excluding hydrogens is 196 g/mol. The Morgan fingerprint density at radius 1 is 1.40 bits per heavy atom. The van der Waals surface area contributed by atoms with E-state index in [2.05, 4.69) is 4.74 Å².